The first-order chi connectivity index (χ1) is 9.59. The third kappa shape index (κ3) is 4.71. The van der Waals surface area contributed by atoms with E-state index in [9.17, 15) is 4.79 Å². The fourth-order valence-electron chi connectivity index (χ4n) is 1.78. The highest BCUT2D eigenvalue weighted by Crippen LogP contribution is 2.33. The summed E-state index contributed by atoms with van der Waals surface area (Å²) in [5.41, 5.74) is 0.495. The lowest BCUT2D eigenvalue weighted by Gasteiger charge is -2.22. The number of carbonyl (C=O) groups is 1. The maximum absolute atomic E-state index is 11.8. The Morgan fingerprint density at radius 2 is 1.86 bits per heavy atom. The van der Waals surface area contributed by atoms with Crippen LogP contribution in [0.1, 0.15) is 40.2 Å². The second-order valence-electron chi connectivity index (χ2n) is 6.31. The SMILES string of the molecule is C#CC(C)(C)c1ccc(NC(=O)OC(C)(C)C)cc1OC. The van der Waals surface area contributed by atoms with Crippen molar-refractivity contribution in [1.29, 1.82) is 0 Å². The maximum atomic E-state index is 11.8. The number of hydrogen-bond acceptors (Lipinski definition) is 3. The van der Waals surface area contributed by atoms with E-state index in [2.05, 4.69) is 11.2 Å². The van der Waals surface area contributed by atoms with Gasteiger partial charge in [0.2, 0.25) is 0 Å². The van der Waals surface area contributed by atoms with Gasteiger partial charge in [-0.3, -0.25) is 5.32 Å². The molecule has 0 bridgehead atoms. The number of amides is 1. The number of terminal acetylenes is 1. The zero-order valence-corrected chi connectivity index (χ0v) is 13.5. The molecule has 21 heavy (non-hydrogen) atoms. The summed E-state index contributed by atoms with van der Waals surface area (Å²) in [7, 11) is 1.57. The molecule has 0 fully saturated rings. The van der Waals surface area contributed by atoms with Gasteiger partial charge in [0.05, 0.1) is 12.5 Å². The molecule has 0 aromatic heterocycles. The van der Waals surface area contributed by atoms with Crippen LogP contribution < -0.4 is 10.1 Å². The van der Waals surface area contributed by atoms with E-state index in [0.29, 0.717) is 11.4 Å². The normalized spacial score (nSPS) is 11.5. The summed E-state index contributed by atoms with van der Waals surface area (Å²) in [5, 5.41) is 2.68. The van der Waals surface area contributed by atoms with Crippen LogP contribution in [0.2, 0.25) is 0 Å². The van der Waals surface area contributed by atoms with Crippen LogP contribution in [0.25, 0.3) is 0 Å². The Labute approximate surface area is 126 Å². The van der Waals surface area contributed by atoms with Gasteiger partial charge in [-0.25, -0.2) is 4.79 Å². The molecule has 0 spiro atoms. The molecular weight excluding hydrogens is 266 g/mol. The van der Waals surface area contributed by atoms with Crippen LogP contribution in [0.5, 0.6) is 5.75 Å². The minimum absolute atomic E-state index is 0.449. The Morgan fingerprint density at radius 3 is 2.33 bits per heavy atom. The van der Waals surface area contributed by atoms with E-state index >= 15 is 0 Å². The zero-order chi connectivity index (χ0) is 16.3. The highest BCUT2D eigenvalue weighted by molar-refractivity contribution is 5.85. The lowest BCUT2D eigenvalue weighted by Crippen LogP contribution is -2.27. The van der Waals surface area contributed by atoms with E-state index in [0.717, 1.165) is 5.56 Å². The number of anilines is 1. The topological polar surface area (TPSA) is 47.6 Å². The number of methoxy groups -OCH3 is 1. The van der Waals surface area contributed by atoms with Gasteiger partial charge in [0.15, 0.2) is 0 Å². The van der Waals surface area contributed by atoms with Gasteiger partial charge in [-0.1, -0.05) is 12.0 Å². The van der Waals surface area contributed by atoms with Crippen molar-refractivity contribution in [1.82, 2.24) is 0 Å². The summed E-state index contributed by atoms with van der Waals surface area (Å²) in [6, 6.07) is 5.37. The van der Waals surface area contributed by atoms with Gasteiger partial charge in [0.1, 0.15) is 11.4 Å². The summed E-state index contributed by atoms with van der Waals surface area (Å²) >= 11 is 0. The minimum Gasteiger partial charge on any atom is -0.496 e. The second kappa shape index (κ2) is 6.09. The molecule has 0 unspecified atom stereocenters. The molecule has 4 heteroatoms. The molecule has 0 atom stereocenters. The van der Waals surface area contributed by atoms with Gasteiger partial charge < -0.3 is 9.47 Å². The van der Waals surface area contributed by atoms with Crippen LogP contribution in [-0.2, 0) is 10.2 Å². The van der Waals surface area contributed by atoms with Crippen molar-refractivity contribution < 1.29 is 14.3 Å². The fourth-order valence-corrected chi connectivity index (χ4v) is 1.78. The highest BCUT2D eigenvalue weighted by Gasteiger charge is 2.22. The van der Waals surface area contributed by atoms with Crippen LogP contribution in [0.4, 0.5) is 10.5 Å². The van der Waals surface area contributed by atoms with Gasteiger partial charge in [-0.2, -0.15) is 0 Å². The van der Waals surface area contributed by atoms with E-state index in [1.54, 1.807) is 19.2 Å². The Kier molecular flexibility index (Phi) is 4.90. The lowest BCUT2D eigenvalue weighted by molar-refractivity contribution is 0.0636. The average Bonchev–Trinajstić information content (AvgIpc) is 2.36. The van der Waals surface area contributed by atoms with Gasteiger partial charge in [0, 0.05) is 17.3 Å². The first-order valence-corrected chi connectivity index (χ1v) is 6.75. The average molecular weight is 289 g/mol. The quantitative estimate of drug-likeness (QED) is 0.857. The second-order valence-corrected chi connectivity index (χ2v) is 6.31. The van der Waals surface area contributed by atoms with E-state index in [4.69, 9.17) is 15.9 Å². The predicted octanol–water partition coefficient (Wildman–Crippen LogP) is 3.95. The summed E-state index contributed by atoms with van der Waals surface area (Å²) in [5.74, 6) is 3.36. The Morgan fingerprint density at radius 1 is 1.24 bits per heavy atom. The summed E-state index contributed by atoms with van der Waals surface area (Å²) in [4.78, 5) is 11.8. The number of ether oxygens (including phenoxy) is 2. The lowest BCUT2D eigenvalue weighted by atomic mass is 9.85. The molecule has 0 saturated carbocycles. The van der Waals surface area contributed by atoms with Crippen LogP contribution in [0.3, 0.4) is 0 Å². The molecule has 0 heterocycles. The summed E-state index contributed by atoms with van der Waals surface area (Å²) in [6.45, 7) is 9.31. The third-order valence-electron chi connectivity index (χ3n) is 2.88. The van der Waals surface area contributed by atoms with Crippen LogP contribution in [-0.4, -0.2) is 18.8 Å². The number of rotatable bonds is 3. The maximum Gasteiger partial charge on any atom is 0.412 e. The van der Waals surface area contributed by atoms with E-state index < -0.39 is 17.1 Å². The van der Waals surface area contributed by atoms with Gasteiger partial charge in [-0.15, -0.1) is 6.42 Å². The van der Waals surface area contributed by atoms with Gasteiger partial charge >= 0.3 is 6.09 Å². The Balaban J connectivity index is 2.99. The van der Waals surface area contributed by atoms with Crippen LogP contribution >= 0.6 is 0 Å². The number of hydrogen-bond donors (Lipinski definition) is 1. The van der Waals surface area contributed by atoms with E-state index in [1.807, 2.05) is 40.7 Å². The molecule has 1 aromatic carbocycles. The Bertz CT molecular complexity index is 562. The third-order valence-corrected chi connectivity index (χ3v) is 2.88. The van der Waals surface area contributed by atoms with Crippen LogP contribution in [0.15, 0.2) is 18.2 Å². The van der Waals surface area contributed by atoms with Crippen LogP contribution in [0, 0.1) is 12.3 Å². The van der Waals surface area contributed by atoms with E-state index in [-0.39, 0.29) is 0 Å². The molecule has 0 saturated heterocycles. The van der Waals surface area contributed by atoms with Crippen molar-refractivity contribution in [3.63, 3.8) is 0 Å². The molecule has 1 N–H and O–H groups in total. The highest BCUT2D eigenvalue weighted by atomic mass is 16.6. The minimum atomic E-state index is -0.542. The van der Waals surface area contributed by atoms with E-state index in [1.165, 1.54) is 0 Å². The van der Waals surface area contributed by atoms with Crippen molar-refractivity contribution in [3.05, 3.63) is 23.8 Å². The smallest absolute Gasteiger partial charge is 0.412 e. The van der Waals surface area contributed by atoms with Crippen molar-refractivity contribution >= 4 is 11.8 Å². The fraction of sp³-hybridized carbons (Fsp3) is 0.471. The Hall–Kier alpha value is -2.15. The molecule has 0 radical (unpaired) electrons. The molecule has 1 amide bonds. The summed E-state index contributed by atoms with van der Waals surface area (Å²) in [6.07, 6.45) is 5.05. The molecular formula is C17H23NO3. The molecule has 114 valence electrons. The van der Waals surface area contributed by atoms with Gasteiger partial charge in [-0.05, 0) is 40.7 Å². The van der Waals surface area contributed by atoms with Crippen molar-refractivity contribution in [3.8, 4) is 18.1 Å². The zero-order valence-electron chi connectivity index (χ0n) is 13.5. The summed E-state index contributed by atoms with van der Waals surface area (Å²) < 4.78 is 10.6. The molecule has 1 aromatic rings. The molecule has 4 nitrogen and oxygen atoms in total. The largest absolute Gasteiger partial charge is 0.496 e. The van der Waals surface area contributed by atoms with Crippen molar-refractivity contribution in [2.75, 3.05) is 12.4 Å². The van der Waals surface area contributed by atoms with Crippen molar-refractivity contribution in [2.45, 2.75) is 45.6 Å². The predicted molar refractivity (Wildman–Crippen MR) is 84.7 cm³/mol. The van der Waals surface area contributed by atoms with Gasteiger partial charge in [0.25, 0.3) is 0 Å². The number of benzene rings is 1. The van der Waals surface area contributed by atoms with Crippen molar-refractivity contribution in [2.24, 2.45) is 0 Å². The standard InChI is InChI=1S/C17H23NO3/c1-8-17(5,6)13-10-9-12(11-14(13)20-7)18-15(19)21-16(2,3)4/h1,9-11H,2-7H3,(H,18,19). The monoisotopic (exact) mass is 289 g/mol. The molecule has 0 aliphatic rings. The molecule has 0 aliphatic heterocycles. The first kappa shape index (κ1) is 16.9. The number of nitrogens with one attached hydrogen (secondary N) is 1. The first-order valence-electron chi connectivity index (χ1n) is 6.75. The molecule has 1 rings (SSSR count). The number of carbonyl (C=O) groups excluding carboxylic acids is 1. The molecule has 0 aliphatic carbocycles.